The van der Waals surface area contributed by atoms with E-state index in [1.807, 2.05) is 0 Å². The third kappa shape index (κ3) is 4.04. The fraction of sp³-hybridized carbons (Fsp3) is 0.235. The summed E-state index contributed by atoms with van der Waals surface area (Å²) in [4.78, 5) is 12.2. The van der Waals surface area contributed by atoms with Crippen LogP contribution in [-0.2, 0) is 0 Å². The van der Waals surface area contributed by atoms with Gasteiger partial charge in [-0.1, -0.05) is 12.1 Å². The maximum Gasteiger partial charge on any atom is 0.251 e. The largest absolute Gasteiger partial charge is 0.494 e. The second kappa shape index (κ2) is 7.19. The molecule has 0 aliphatic heterocycles. The molecule has 0 saturated heterocycles. The van der Waals surface area contributed by atoms with Crippen molar-refractivity contribution in [1.29, 1.82) is 0 Å². The van der Waals surface area contributed by atoms with Gasteiger partial charge in [0.2, 0.25) is 0 Å². The molecule has 0 saturated carbocycles. The summed E-state index contributed by atoms with van der Waals surface area (Å²) in [5.41, 5.74) is 0.692. The Labute approximate surface area is 132 Å². The van der Waals surface area contributed by atoms with E-state index in [9.17, 15) is 18.7 Å². The van der Waals surface area contributed by atoms with Crippen LogP contribution in [0, 0.1) is 11.6 Å². The lowest BCUT2D eigenvalue weighted by Crippen LogP contribution is -2.37. The molecule has 4 nitrogen and oxygen atoms in total. The second-order valence-corrected chi connectivity index (χ2v) is 5.11. The van der Waals surface area contributed by atoms with E-state index in [-0.39, 0.29) is 11.3 Å². The predicted molar refractivity (Wildman–Crippen MR) is 81.2 cm³/mol. The first kappa shape index (κ1) is 16.9. The highest BCUT2D eigenvalue weighted by Crippen LogP contribution is 2.20. The number of nitrogens with one attached hydrogen (secondary N) is 1. The van der Waals surface area contributed by atoms with Gasteiger partial charge in [-0.15, -0.1) is 0 Å². The number of aliphatic hydroxyl groups excluding tert-OH is 1. The number of hydrogen-bond donors (Lipinski definition) is 2. The van der Waals surface area contributed by atoms with E-state index in [0.717, 1.165) is 6.07 Å². The van der Waals surface area contributed by atoms with Crippen molar-refractivity contribution in [1.82, 2.24) is 5.32 Å². The molecule has 0 aliphatic carbocycles. The molecule has 2 atom stereocenters. The Kier molecular flexibility index (Phi) is 5.28. The molecule has 0 fully saturated rings. The van der Waals surface area contributed by atoms with E-state index in [4.69, 9.17) is 4.74 Å². The van der Waals surface area contributed by atoms with E-state index in [0.29, 0.717) is 5.56 Å². The Balaban J connectivity index is 2.08. The quantitative estimate of drug-likeness (QED) is 0.890. The van der Waals surface area contributed by atoms with Gasteiger partial charge in [0.15, 0.2) is 11.6 Å². The molecule has 2 unspecified atom stereocenters. The first-order chi connectivity index (χ1) is 10.9. The van der Waals surface area contributed by atoms with Crippen molar-refractivity contribution in [3.63, 3.8) is 0 Å². The average molecular weight is 321 g/mol. The van der Waals surface area contributed by atoms with Crippen molar-refractivity contribution in [3.05, 3.63) is 65.2 Å². The molecule has 0 aromatic heterocycles. The van der Waals surface area contributed by atoms with Gasteiger partial charge in [0, 0.05) is 5.56 Å². The molecule has 0 radical (unpaired) electrons. The van der Waals surface area contributed by atoms with Crippen LogP contribution in [0.2, 0.25) is 0 Å². The standard InChI is InChI=1S/C17H17F2NO3/c1-10(16(21)11-3-6-13(18)7-4-11)20-17(22)12-5-8-14(19)15(9-12)23-2/h3-10,16,21H,1-2H3,(H,20,22). The summed E-state index contributed by atoms with van der Waals surface area (Å²) in [7, 11) is 1.31. The van der Waals surface area contributed by atoms with Gasteiger partial charge in [0.1, 0.15) is 5.82 Å². The van der Waals surface area contributed by atoms with Gasteiger partial charge in [-0.25, -0.2) is 8.78 Å². The zero-order valence-corrected chi connectivity index (χ0v) is 12.7. The highest BCUT2D eigenvalue weighted by molar-refractivity contribution is 5.94. The zero-order valence-electron chi connectivity index (χ0n) is 12.7. The lowest BCUT2D eigenvalue weighted by molar-refractivity contribution is 0.0851. The first-order valence-corrected chi connectivity index (χ1v) is 7.00. The van der Waals surface area contributed by atoms with E-state index in [1.165, 1.54) is 43.5 Å². The summed E-state index contributed by atoms with van der Waals surface area (Å²) < 4.78 is 31.1. The van der Waals surface area contributed by atoms with Gasteiger partial charge in [-0.3, -0.25) is 4.79 Å². The fourth-order valence-electron chi connectivity index (χ4n) is 2.12. The van der Waals surface area contributed by atoms with Gasteiger partial charge < -0.3 is 15.2 Å². The van der Waals surface area contributed by atoms with Gasteiger partial charge in [-0.05, 0) is 42.8 Å². The summed E-state index contributed by atoms with van der Waals surface area (Å²) in [5, 5.41) is 12.8. The fourth-order valence-corrected chi connectivity index (χ4v) is 2.12. The topological polar surface area (TPSA) is 58.6 Å². The molecule has 0 aliphatic rings. The number of ether oxygens (including phenoxy) is 1. The number of benzene rings is 2. The van der Waals surface area contributed by atoms with Gasteiger partial charge >= 0.3 is 0 Å². The lowest BCUT2D eigenvalue weighted by atomic mass is 10.0. The Morgan fingerprint density at radius 2 is 1.83 bits per heavy atom. The van der Waals surface area contributed by atoms with Crippen LogP contribution in [0.1, 0.15) is 28.9 Å². The van der Waals surface area contributed by atoms with Gasteiger partial charge in [0.05, 0.1) is 19.3 Å². The number of methoxy groups -OCH3 is 1. The monoisotopic (exact) mass is 321 g/mol. The lowest BCUT2D eigenvalue weighted by Gasteiger charge is -2.21. The van der Waals surface area contributed by atoms with E-state index in [1.54, 1.807) is 6.92 Å². The molecule has 6 heteroatoms. The average Bonchev–Trinajstić information content (AvgIpc) is 2.55. The predicted octanol–water partition coefficient (Wildman–Crippen LogP) is 2.83. The van der Waals surface area contributed by atoms with Crippen molar-refractivity contribution in [3.8, 4) is 5.75 Å². The van der Waals surface area contributed by atoms with E-state index >= 15 is 0 Å². The molecular formula is C17H17F2NO3. The molecule has 1 amide bonds. The molecule has 122 valence electrons. The zero-order chi connectivity index (χ0) is 17.0. The van der Waals surface area contributed by atoms with Crippen molar-refractivity contribution in [2.45, 2.75) is 19.1 Å². The van der Waals surface area contributed by atoms with Gasteiger partial charge in [0.25, 0.3) is 5.91 Å². The summed E-state index contributed by atoms with van der Waals surface area (Å²) in [6, 6.07) is 8.48. The molecule has 2 N–H and O–H groups in total. The number of amides is 1. The molecule has 2 aromatic carbocycles. The second-order valence-electron chi connectivity index (χ2n) is 5.11. The molecule has 0 spiro atoms. The minimum absolute atomic E-state index is 0.0376. The Morgan fingerprint density at radius 3 is 2.43 bits per heavy atom. The first-order valence-electron chi connectivity index (χ1n) is 7.00. The molecule has 2 aromatic rings. The Hall–Kier alpha value is -2.47. The van der Waals surface area contributed by atoms with Crippen molar-refractivity contribution >= 4 is 5.91 Å². The van der Waals surface area contributed by atoms with Crippen LogP contribution in [-0.4, -0.2) is 24.2 Å². The molecule has 0 bridgehead atoms. The van der Waals surface area contributed by atoms with Crippen molar-refractivity contribution < 1.29 is 23.4 Å². The highest BCUT2D eigenvalue weighted by Gasteiger charge is 2.20. The number of hydrogen-bond acceptors (Lipinski definition) is 3. The number of rotatable bonds is 5. The number of carbonyl (C=O) groups excluding carboxylic acids is 1. The molecular weight excluding hydrogens is 304 g/mol. The summed E-state index contributed by atoms with van der Waals surface area (Å²) in [6.45, 7) is 1.62. The van der Waals surface area contributed by atoms with Crippen molar-refractivity contribution in [2.75, 3.05) is 7.11 Å². The van der Waals surface area contributed by atoms with E-state index < -0.39 is 29.7 Å². The van der Waals surface area contributed by atoms with Crippen LogP contribution in [0.15, 0.2) is 42.5 Å². The number of halogens is 2. The van der Waals surface area contributed by atoms with Crippen LogP contribution in [0.25, 0.3) is 0 Å². The minimum Gasteiger partial charge on any atom is -0.494 e. The molecule has 0 heterocycles. The Morgan fingerprint density at radius 1 is 1.17 bits per heavy atom. The maximum absolute atomic E-state index is 13.4. The van der Waals surface area contributed by atoms with Crippen LogP contribution >= 0.6 is 0 Å². The normalized spacial score (nSPS) is 13.3. The number of aliphatic hydroxyl groups is 1. The van der Waals surface area contributed by atoms with Crippen molar-refractivity contribution in [2.24, 2.45) is 0 Å². The SMILES string of the molecule is COc1cc(C(=O)NC(C)C(O)c2ccc(F)cc2)ccc1F. The van der Waals surface area contributed by atoms with Crippen LogP contribution in [0.4, 0.5) is 8.78 Å². The van der Waals surface area contributed by atoms with Gasteiger partial charge in [-0.2, -0.15) is 0 Å². The number of carbonyl (C=O) groups is 1. The Bertz CT molecular complexity index is 689. The smallest absolute Gasteiger partial charge is 0.251 e. The summed E-state index contributed by atoms with van der Waals surface area (Å²) in [6.07, 6.45) is -0.998. The minimum atomic E-state index is -0.998. The van der Waals surface area contributed by atoms with Crippen LogP contribution in [0.5, 0.6) is 5.75 Å². The van der Waals surface area contributed by atoms with Crippen LogP contribution in [0.3, 0.4) is 0 Å². The van der Waals surface area contributed by atoms with E-state index in [2.05, 4.69) is 5.32 Å². The highest BCUT2D eigenvalue weighted by atomic mass is 19.1. The molecule has 23 heavy (non-hydrogen) atoms. The third-order valence-corrected chi connectivity index (χ3v) is 3.46. The third-order valence-electron chi connectivity index (χ3n) is 3.46. The summed E-state index contributed by atoms with van der Waals surface area (Å²) in [5.74, 6) is -1.49. The van der Waals surface area contributed by atoms with Crippen LogP contribution < -0.4 is 10.1 Å². The summed E-state index contributed by atoms with van der Waals surface area (Å²) >= 11 is 0. The molecule has 2 rings (SSSR count). The maximum atomic E-state index is 13.4.